The molecule has 4 atom stereocenters. The molecular formula is C25H36N4O4. The van der Waals surface area contributed by atoms with E-state index in [-0.39, 0.29) is 30.1 Å². The minimum absolute atomic E-state index is 0.206. The normalized spacial score (nSPS) is 21.8. The Hall–Kier alpha value is -2.83. The van der Waals surface area contributed by atoms with Gasteiger partial charge >= 0.3 is 12.2 Å². The summed E-state index contributed by atoms with van der Waals surface area (Å²) in [6.45, 7) is 11.4. The summed E-state index contributed by atoms with van der Waals surface area (Å²) in [5.41, 5.74) is 9.31. The van der Waals surface area contributed by atoms with Gasteiger partial charge in [-0.25, -0.2) is 0 Å². The van der Waals surface area contributed by atoms with Crippen molar-refractivity contribution in [3.05, 3.63) is 41.4 Å². The molecule has 0 radical (unpaired) electrons. The topological polar surface area (TPSA) is 112 Å². The second kappa shape index (κ2) is 11.3. The molecule has 180 valence electrons. The van der Waals surface area contributed by atoms with Crippen molar-refractivity contribution < 1.29 is 23.9 Å². The Morgan fingerprint density at radius 3 is 2.39 bits per heavy atom. The highest BCUT2D eigenvalue weighted by atomic mass is 16.6. The third kappa shape index (κ3) is 7.62. The van der Waals surface area contributed by atoms with Crippen molar-refractivity contribution in [2.75, 3.05) is 0 Å². The number of hydrogen-bond donors (Lipinski definition) is 1. The second-order valence-corrected chi connectivity index (χ2v) is 10.1. The van der Waals surface area contributed by atoms with Crippen LogP contribution in [-0.4, -0.2) is 57.3 Å². The Morgan fingerprint density at radius 1 is 1.24 bits per heavy atom. The van der Waals surface area contributed by atoms with E-state index in [9.17, 15) is 14.4 Å². The van der Waals surface area contributed by atoms with Gasteiger partial charge in [0.1, 0.15) is 11.6 Å². The summed E-state index contributed by atoms with van der Waals surface area (Å²) in [6, 6.07) is 8.15. The number of benzene rings is 1. The number of carbonyl (C=O) groups is 3. The number of ketones is 1. The number of likely N-dealkylation sites (tertiary alicyclic amines) is 1. The van der Waals surface area contributed by atoms with Crippen LogP contribution in [0.4, 0.5) is 0 Å². The molecule has 0 saturated carbocycles. The minimum atomic E-state index is -0.686. The van der Waals surface area contributed by atoms with Gasteiger partial charge in [-0.2, -0.15) is 4.79 Å². The second-order valence-electron chi connectivity index (χ2n) is 10.1. The molecule has 0 aliphatic carbocycles. The molecular weight excluding hydrogens is 420 g/mol. The Morgan fingerprint density at radius 2 is 1.88 bits per heavy atom. The highest BCUT2D eigenvalue weighted by molar-refractivity contribution is 6.26. The van der Waals surface area contributed by atoms with Gasteiger partial charge in [-0.1, -0.05) is 44.2 Å². The summed E-state index contributed by atoms with van der Waals surface area (Å²) < 4.78 is 5.71. The lowest BCUT2D eigenvalue weighted by molar-refractivity contribution is -0.161. The fourth-order valence-corrected chi connectivity index (χ4v) is 4.57. The molecule has 1 amide bonds. The summed E-state index contributed by atoms with van der Waals surface area (Å²) in [7, 11) is 0. The van der Waals surface area contributed by atoms with Crippen molar-refractivity contribution in [3.63, 3.8) is 0 Å². The van der Waals surface area contributed by atoms with Crippen LogP contribution in [0.25, 0.3) is 5.53 Å². The first-order valence-corrected chi connectivity index (χ1v) is 11.4. The fourth-order valence-electron chi connectivity index (χ4n) is 4.57. The van der Waals surface area contributed by atoms with Crippen LogP contribution in [0.15, 0.2) is 30.3 Å². The number of esters is 1. The lowest BCUT2D eigenvalue weighted by Gasteiger charge is -2.37. The van der Waals surface area contributed by atoms with E-state index in [0.29, 0.717) is 13.0 Å². The zero-order chi connectivity index (χ0) is 24.8. The molecule has 2 rings (SSSR count). The maximum absolute atomic E-state index is 13.3. The molecule has 1 heterocycles. The number of rotatable bonds is 9. The van der Waals surface area contributed by atoms with Crippen molar-refractivity contribution in [2.24, 2.45) is 11.8 Å². The van der Waals surface area contributed by atoms with Crippen LogP contribution in [-0.2, 0) is 25.7 Å². The Bertz CT molecular complexity index is 887. The molecule has 0 aromatic heterocycles. The third-order valence-corrected chi connectivity index (χ3v) is 5.64. The molecule has 33 heavy (non-hydrogen) atoms. The smallest absolute Gasteiger partial charge is 0.323 e. The molecule has 1 unspecified atom stereocenters. The van der Waals surface area contributed by atoms with Gasteiger partial charge in [-0.15, -0.1) is 0 Å². The van der Waals surface area contributed by atoms with Crippen molar-refractivity contribution in [1.29, 1.82) is 0 Å². The summed E-state index contributed by atoms with van der Waals surface area (Å²) in [4.78, 5) is 43.2. The Kier molecular flexibility index (Phi) is 9.08. The van der Waals surface area contributed by atoms with Crippen LogP contribution >= 0.6 is 0 Å². The van der Waals surface area contributed by atoms with Gasteiger partial charge in [-0.3, -0.25) is 19.3 Å². The Labute approximate surface area is 196 Å². The standard InChI is InChI=1S/C25H36N4O4/c1-16(2)12-20(28-17(3)30)23-19(22(31)14-27-26)13-21(24(32)33-25(4,5)6)29(23)15-18-10-8-7-9-11-18/h7-11,14,16,19-21,23H,12-13,15H2,1-6H3,(H,28,30)/t19-,20-,21?,23+/m0/s1. The van der Waals surface area contributed by atoms with Gasteiger partial charge in [0.2, 0.25) is 11.7 Å². The zero-order valence-corrected chi connectivity index (χ0v) is 20.4. The molecule has 1 fully saturated rings. The van der Waals surface area contributed by atoms with Gasteiger partial charge < -0.3 is 15.6 Å². The molecule has 0 spiro atoms. The highest BCUT2D eigenvalue weighted by Crippen LogP contribution is 2.37. The number of hydrogen-bond acceptors (Lipinski definition) is 5. The van der Waals surface area contributed by atoms with Crippen molar-refractivity contribution >= 4 is 23.9 Å². The van der Waals surface area contributed by atoms with Crippen LogP contribution in [0.1, 0.15) is 59.9 Å². The number of nitrogens with one attached hydrogen (secondary N) is 1. The van der Waals surface area contributed by atoms with Gasteiger partial charge in [0.05, 0.1) is 0 Å². The highest BCUT2D eigenvalue weighted by Gasteiger charge is 2.52. The largest absolute Gasteiger partial charge is 0.459 e. The molecule has 1 aromatic rings. The van der Waals surface area contributed by atoms with E-state index in [0.717, 1.165) is 11.8 Å². The average Bonchev–Trinajstić information content (AvgIpc) is 3.06. The van der Waals surface area contributed by atoms with Gasteiger partial charge in [-0.05, 0) is 45.1 Å². The predicted octanol–water partition coefficient (Wildman–Crippen LogP) is 3.01. The van der Waals surface area contributed by atoms with E-state index in [2.05, 4.69) is 10.1 Å². The Balaban J connectivity index is 2.57. The van der Waals surface area contributed by atoms with Gasteiger partial charge in [0, 0.05) is 31.5 Å². The van der Waals surface area contributed by atoms with Crippen molar-refractivity contribution in [3.8, 4) is 0 Å². The monoisotopic (exact) mass is 456 g/mol. The number of carbonyl (C=O) groups excluding carboxylic acids is 3. The van der Waals surface area contributed by atoms with Crippen LogP contribution in [0, 0.1) is 11.8 Å². The summed E-state index contributed by atoms with van der Waals surface area (Å²) in [5, 5.41) is 3.01. The van der Waals surface area contributed by atoms with E-state index in [1.54, 1.807) is 20.8 Å². The number of amides is 1. The van der Waals surface area contributed by atoms with E-state index >= 15 is 0 Å². The maximum Gasteiger partial charge on any atom is 0.323 e. The lowest BCUT2D eigenvalue weighted by Crippen LogP contribution is -2.55. The number of Topliss-reactive ketones (excluding diaryl/α,β-unsaturated/α-hetero) is 1. The quantitative estimate of drug-likeness (QED) is 0.266. The van der Waals surface area contributed by atoms with Gasteiger partial charge in [0.15, 0.2) is 0 Å². The molecule has 1 aromatic carbocycles. The van der Waals surface area contributed by atoms with E-state index in [1.807, 2.05) is 49.1 Å². The molecule has 1 aliphatic heterocycles. The first kappa shape index (κ1) is 26.4. The van der Waals surface area contributed by atoms with Crippen LogP contribution in [0.2, 0.25) is 0 Å². The zero-order valence-electron chi connectivity index (χ0n) is 20.4. The molecule has 1 N–H and O–H groups in total. The van der Waals surface area contributed by atoms with Crippen LogP contribution in [0.3, 0.4) is 0 Å². The van der Waals surface area contributed by atoms with Crippen molar-refractivity contribution in [1.82, 2.24) is 10.2 Å². The lowest BCUT2D eigenvalue weighted by atomic mass is 9.86. The van der Waals surface area contributed by atoms with E-state index in [4.69, 9.17) is 10.3 Å². The van der Waals surface area contributed by atoms with Crippen LogP contribution in [0.5, 0.6) is 0 Å². The van der Waals surface area contributed by atoms with Gasteiger partial charge in [0.25, 0.3) is 0 Å². The van der Waals surface area contributed by atoms with Crippen molar-refractivity contribution in [2.45, 2.75) is 84.7 Å². The molecule has 1 saturated heterocycles. The van der Waals surface area contributed by atoms with Crippen LogP contribution < -0.4 is 5.32 Å². The SMILES string of the molecule is CC(=O)N[C@@H](CC(C)C)[C@H]1[C@H](C(=O)C=[N+]=[N-])CC(C(=O)OC(C)(C)C)N1Cc1ccccc1. The predicted molar refractivity (Wildman–Crippen MR) is 125 cm³/mol. The first-order chi connectivity index (χ1) is 15.4. The third-order valence-electron chi connectivity index (χ3n) is 5.64. The number of nitrogens with zero attached hydrogens (tertiary/aromatic N) is 3. The average molecular weight is 457 g/mol. The summed E-state index contributed by atoms with van der Waals surface area (Å²) in [5.74, 6) is -1.40. The molecule has 8 nitrogen and oxygen atoms in total. The first-order valence-electron chi connectivity index (χ1n) is 11.4. The summed E-state index contributed by atoms with van der Waals surface area (Å²) in [6.07, 6.45) is 1.72. The molecule has 0 bridgehead atoms. The fraction of sp³-hybridized carbons (Fsp3) is 0.600. The summed E-state index contributed by atoms with van der Waals surface area (Å²) >= 11 is 0. The molecule has 8 heteroatoms. The number of ether oxygens (including phenoxy) is 1. The van der Waals surface area contributed by atoms with E-state index in [1.165, 1.54) is 6.92 Å². The van der Waals surface area contributed by atoms with E-state index < -0.39 is 29.6 Å². The molecule has 1 aliphatic rings. The minimum Gasteiger partial charge on any atom is -0.459 e. The maximum atomic E-state index is 13.3.